The average Bonchev–Trinajstić information content (AvgIpc) is 2.59. The highest BCUT2D eigenvalue weighted by molar-refractivity contribution is 5.79. The van der Waals surface area contributed by atoms with Crippen LogP contribution in [0.25, 0.3) is 0 Å². The van der Waals surface area contributed by atoms with E-state index >= 15 is 0 Å². The number of benzene rings is 2. The highest BCUT2D eigenvalue weighted by Gasteiger charge is 2.00. The molecule has 0 fully saturated rings. The van der Waals surface area contributed by atoms with Gasteiger partial charge in [0.15, 0.2) is 5.96 Å². The van der Waals surface area contributed by atoms with Gasteiger partial charge in [-0.2, -0.15) is 0 Å². The summed E-state index contributed by atoms with van der Waals surface area (Å²) < 4.78 is 5.23. The second-order valence-corrected chi connectivity index (χ2v) is 4.94. The topological polar surface area (TPSA) is 45.7 Å². The van der Waals surface area contributed by atoms with Crippen molar-refractivity contribution in [2.75, 3.05) is 20.7 Å². The normalized spacial score (nSPS) is 11.1. The Hall–Kier alpha value is -2.49. The molecule has 4 nitrogen and oxygen atoms in total. The van der Waals surface area contributed by atoms with Crippen LogP contribution in [-0.2, 0) is 13.0 Å². The predicted octanol–water partition coefficient (Wildman–Crippen LogP) is 2.60. The second kappa shape index (κ2) is 8.72. The van der Waals surface area contributed by atoms with Gasteiger partial charge in [0.25, 0.3) is 0 Å². The first-order valence-corrected chi connectivity index (χ1v) is 7.43. The number of aliphatic imine (C=N–C) groups is 1. The lowest BCUT2D eigenvalue weighted by Crippen LogP contribution is -2.37. The van der Waals surface area contributed by atoms with Crippen LogP contribution < -0.4 is 15.4 Å². The number of ether oxygens (including phenoxy) is 1. The Balaban J connectivity index is 1.77. The Morgan fingerprint density at radius 1 is 1.00 bits per heavy atom. The summed E-state index contributed by atoms with van der Waals surface area (Å²) >= 11 is 0. The predicted molar refractivity (Wildman–Crippen MR) is 91.3 cm³/mol. The van der Waals surface area contributed by atoms with Gasteiger partial charge in [-0.3, -0.25) is 4.99 Å². The summed E-state index contributed by atoms with van der Waals surface area (Å²) in [4.78, 5) is 4.24. The van der Waals surface area contributed by atoms with Crippen LogP contribution in [0.5, 0.6) is 5.75 Å². The summed E-state index contributed by atoms with van der Waals surface area (Å²) in [6.45, 7) is 1.56. The van der Waals surface area contributed by atoms with E-state index in [0.717, 1.165) is 30.2 Å². The third kappa shape index (κ3) is 5.13. The van der Waals surface area contributed by atoms with Crippen LogP contribution in [0, 0.1) is 0 Å². The van der Waals surface area contributed by atoms with Gasteiger partial charge in [0.2, 0.25) is 0 Å². The Labute approximate surface area is 132 Å². The second-order valence-electron chi connectivity index (χ2n) is 4.94. The van der Waals surface area contributed by atoms with Gasteiger partial charge in [-0.15, -0.1) is 0 Å². The molecule has 2 rings (SSSR count). The van der Waals surface area contributed by atoms with Gasteiger partial charge in [-0.1, -0.05) is 42.5 Å². The molecular weight excluding hydrogens is 274 g/mol. The molecular formula is C18H23N3O. The zero-order chi connectivity index (χ0) is 15.6. The maximum atomic E-state index is 5.23. The molecule has 0 aliphatic rings. The molecule has 0 radical (unpaired) electrons. The third-order valence-corrected chi connectivity index (χ3v) is 3.37. The van der Waals surface area contributed by atoms with Crippen LogP contribution in [0.15, 0.2) is 59.6 Å². The smallest absolute Gasteiger partial charge is 0.191 e. The number of nitrogens with one attached hydrogen (secondary N) is 2. The number of rotatable bonds is 6. The van der Waals surface area contributed by atoms with Crippen molar-refractivity contribution in [2.24, 2.45) is 4.99 Å². The Bertz CT molecular complexity index is 596. The van der Waals surface area contributed by atoms with Crippen LogP contribution in [0.2, 0.25) is 0 Å². The minimum absolute atomic E-state index is 0.711. The highest BCUT2D eigenvalue weighted by atomic mass is 16.5. The van der Waals surface area contributed by atoms with Crippen LogP contribution in [0.1, 0.15) is 11.1 Å². The first kappa shape index (κ1) is 15.9. The number of hydrogen-bond donors (Lipinski definition) is 2. The maximum Gasteiger partial charge on any atom is 0.191 e. The van der Waals surface area contributed by atoms with Gasteiger partial charge in [-0.25, -0.2) is 0 Å². The summed E-state index contributed by atoms with van der Waals surface area (Å²) in [6.07, 6.45) is 0.973. The fourth-order valence-corrected chi connectivity index (χ4v) is 2.16. The fraction of sp³-hybridized carbons (Fsp3) is 0.278. The van der Waals surface area contributed by atoms with Crippen molar-refractivity contribution >= 4 is 5.96 Å². The fourth-order valence-electron chi connectivity index (χ4n) is 2.16. The van der Waals surface area contributed by atoms with Gasteiger partial charge >= 0.3 is 0 Å². The van der Waals surface area contributed by atoms with E-state index in [0.29, 0.717) is 6.54 Å². The molecule has 2 aromatic carbocycles. The maximum absolute atomic E-state index is 5.23. The molecule has 116 valence electrons. The lowest BCUT2D eigenvalue weighted by Gasteiger charge is -2.12. The number of guanidine groups is 1. The molecule has 0 saturated heterocycles. The number of methoxy groups -OCH3 is 1. The van der Waals surface area contributed by atoms with Crippen molar-refractivity contribution in [2.45, 2.75) is 13.0 Å². The van der Waals surface area contributed by atoms with Crippen LogP contribution in [-0.4, -0.2) is 26.7 Å². The number of nitrogens with zero attached hydrogens (tertiary/aromatic N) is 1. The summed E-state index contributed by atoms with van der Waals surface area (Å²) in [6, 6.07) is 18.4. The summed E-state index contributed by atoms with van der Waals surface area (Å²) in [5.41, 5.74) is 2.48. The molecule has 0 atom stereocenters. The molecule has 0 unspecified atom stereocenters. The van der Waals surface area contributed by atoms with Crippen molar-refractivity contribution < 1.29 is 4.74 Å². The first-order chi connectivity index (χ1) is 10.8. The van der Waals surface area contributed by atoms with E-state index < -0.39 is 0 Å². The first-order valence-electron chi connectivity index (χ1n) is 7.43. The monoisotopic (exact) mass is 297 g/mol. The van der Waals surface area contributed by atoms with Crippen LogP contribution in [0.3, 0.4) is 0 Å². The van der Waals surface area contributed by atoms with E-state index in [9.17, 15) is 0 Å². The van der Waals surface area contributed by atoms with E-state index in [1.54, 1.807) is 14.2 Å². The van der Waals surface area contributed by atoms with Crippen molar-refractivity contribution in [3.63, 3.8) is 0 Å². The van der Waals surface area contributed by atoms with Gasteiger partial charge in [0.1, 0.15) is 5.75 Å². The standard InChI is InChI=1S/C18H23N3O/c1-19-18(20-12-11-15-7-4-3-5-8-15)21-14-16-9-6-10-17(13-16)22-2/h3-10,13H,11-12,14H2,1-2H3,(H2,19,20,21). The van der Waals surface area contributed by atoms with E-state index in [1.165, 1.54) is 5.56 Å². The molecule has 0 spiro atoms. The molecule has 2 aromatic rings. The van der Waals surface area contributed by atoms with Crippen molar-refractivity contribution in [3.05, 3.63) is 65.7 Å². The number of hydrogen-bond acceptors (Lipinski definition) is 2. The Morgan fingerprint density at radius 2 is 1.77 bits per heavy atom. The summed E-state index contributed by atoms with van der Waals surface area (Å²) in [7, 11) is 3.46. The Morgan fingerprint density at radius 3 is 2.50 bits per heavy atom. The van der Waals surface area contributed by atoms with Crippen LogP contribution in [0.4, 0.5) is 0 Å². The minimum Gasteiger partial charge on any atom is -0.497 e. The molecule has 22 heavy (non-hydrogen) atoms. The quantitative estimate of drug-likeness (QED) is 0.636. The van der Waals surface area contributed by atoms with Crippen LogP contribution >= 0.6 is 0 Å². The van der Waals surface area contributed by atoms with E-state index in [2.05, 4.69) is 46.0 Å². The van der Waals surface area contributed by atoms with Crippen molar-refractivity contribution in [3.8, 4) is 5.75 Å². The molecule has 0 amide bonds. The lowest BCUT2D eigenvalue weighted by atomic mass is 10.1. The molecule has 0 aromatic heterocycles. The summed E-state index contributed by atoms with van der Waals surface area (Å²) in [5, 5.41) is 6.63. The molecule has 0 heterocycles. The van der Waals surface area contributed by atoms with Gasteiger partial charge in [0.05, 0.1) is 7.11 Å². The SMILES string of the molecule is CN=C(NCCc1ccccc1)NCc1cccc(OC)c1. The minimum atomic E-state index is 0.711. The zero-order valence-electron chi connectivity index (χ0n) is 13.2. The lowest BCUT2D eigenvalue weighted by molar-refractivity contribution is 0.414. The molecule has 0 bridgehead atoms. The van der Waals surface area contributed by atoms with Crippen molar-refractivity contribution in [1.82, 2.24) is 10.6 Å². The molecule has 0 aliphatic heterocycles. The van der Waals surface area contributed by atoms with E-state index in [-0.39, 0.29) is 0 Å². The van der Waals surface area contributed by atoms with Crippen molar-refractivity contribution in [1.29, 1.82) is 0 Å². The third-order valence-electron chi connectivity index (χ3n) is 3.37. The molecule has 4 heteroatoms. The van der Waals surface area contributed by atoms with Gasteiger partial charge < -0.3 is 15.4 Å². The molecule has 0 saturated carbocycles. The summed E-state index contributed by atoms with van der Waals surface area (Å²) in [5.74, 6) is 1.67. The largest absolute Gasteiger partial charge is 0.497 e. The molecule has 0 aliphatic carbocycles. The van der Waals surface area contributed by atoms with E-state index in [1.807, 2.05) is 24.3 Å². The average molecular weight is 297 g/mol. The van der Waals surface area contributed by atoms with Gasteiger partial charge in [-0.05, 0) is 29.7 Å². The van der Waals surface area contributed by atoms with Gasteiger partial charge in [0, 0.05) is 20.1 Å². The zero-order valence-corrected chi connectivity index (χ0v) is 13.2. The highest BCUT2D eigenvalue weighted by Crippen LogP contribution is 2.11. The Kier molecular flexibility index (Phi) is 6.30. The van der Waals surface area contributed by atoms with E-state index in [4.69, 9.17) is 4.74 Å². The molecule has 2 N–H and O–H groups in total.